The van der Waals surface area contributed by atoms with Gasteiger partial charge in [0.15, 0.2) is 5.82 Å². The van der Waals surface area contributed by atoms with Crippen molar-refractivity contribution in [2.45, 2.75) is 0 Å². The van der Waals surface area contributed by atoms with E-state index >= 15 is 0 Å². The van der Waals surface area contributed by atoms with Crippen LogP contribution in [-0.2, 0) is 0 Å². The third kappa shape index (κ3) is 5.47. The van der Waals surface area contributed by atoms with Crippen molar-refractivity contribution in [1.29, 1.82) is 0 Å². The van der Waals surface area contributed by atoms with E-state index in [1.54, 1.807) is 17.9 Å². The Kier molecular flexibility index (Phi) is 7.50. The second kappa shape index (κ2) is 10.9. The van der Waals surface area contributed by atoms with Crippen molar-refractivity contribution >= 4 is 33.8 Å². The van der Waals surface area contributed by atoms with E-state index in [9.17, 15) is 0 Å². The highest BCUT2D eigenvalue weighted by molar-refractivity contribution is 5.83. The summed E-state index contributed by atoms with van der Waals surface area (Å²) in [5.74, 6) is 1.95. The average Bonchev–Trinajstić information content (AvgIpc) is 3.32. The average molecular weight is 485 g/mol. The fourth-order valence-electron chi connectivity index (χ4n) is 3.77. The summed E-state index contributed by atoms with van der Waals surface area (Å²) in [4.78, 5) is 13.2. The van der Waals surface area contributed by atoms with Gasteiger partial charge in [-0.2, -0.15) is 5.10 Å². The summed E-state index contributed by atoms with van der Waals surface area (Å²) in [6.45, 7) is 9.60. The molecule has 9 nitrogen and oxygen atoms in total. The van der Waals surface area contributed by atoms with Crippen LogP contribution in [0, 0.1) is 0 Å². The molecule has 2 aromatic heterocycles. The number of benzene rings is 2. The van der Waals surface area contributed by atoms with Gasteiger partial charge >= 0.3 is 0 Å². The molecule has 0 radical (unpaired) electrons. The third-order valence-electron chi connectivity index (χ3n) is 5.76. The number of hydrogen-bond donors (Lipinski definition) is 2. The van der Waals surface area contributed by atoms with E-state index in [1.165, 1.54) is 6.33 Å². The van der Waals surface area contributed by atoms with Crippen molar-refractivity contribution < 1.29 is 4.74 Å². The van der Waals surface area contributed by atoms with E-state index in [0.717, 1.165) is 41.1 Å². The highest BCUT2D eigenvalue weighted by Gasteiger charge is 2.16. The molecule has 2 heterocycles. The number of likely N-dealkylation sites (N-methyl/N-ethyl adjacent to an activating group) is 2. The maximum absolute atomic E-state index is 5.75. The van der Waals surface area contributed by atoms with Crippen LogP contribution in [0.25, 0.3) is 16.7 Å². The van der Waals surface area contributed by atoms with Crippen LogP contribution in [0.5, 0.6) is 5.75 Å². The standard InChI is InChI=1S/C27H32N8O/c1-7-19(2)31-21-14-22(25(36-6)15-24(21)34(5)13-12-33(3)4)32-26-16-27(29-18-28-26)35-23-11-9-8-10-20(23)17-30-35/h7-11,14-18,31H,1-2,12-13H2,3-6H3,(H,28,29,32). The number of rotatable bonds is 11. The lowest BCUT2D eigenvalue weighted by Gasteiger charge is -2.26. The minimum absolute atomic E-state index is 0.611. The van der Waals surface area contributed by atoms with Crippen LogP contribution in [0.1, 0.15) is 0 Å². The quantitative estimate of drug-likeness (QED) is 0.297. The molecule has 9 heteroatoms. The second-order valence-electron chi connectivity index (χ2n) is 8.65. The van der Waals surface area contributed by atoms with Gasteiger partial charge in [0.05, 0.1) is 35.9 Å². The summed E-state index contributed by atoms with van der Waals surface area (Å²) >= 11 is 0. The van der Waals surface area contributed by atoms with E-state index in [-0.39, 0.29) is 0 Å². The van der Waals surface area contributed by atoms with Gasteiger partial charge in [-0.1, -0.05) is 31.4 Å². The first-order valence-corrected chi connectivity index (χ1v) is 11.6. The third-order valence-corrected chi connectivity index (χ3v) is 5.76. The molecule has 0 atom stereocenters. The van der Waals surface area contributed by atoms with Crippen LogP contribution >= 0.6 is 0 Å². The Balaban J connectivity index is 1.69. The summed E-state index contributed by atoms with van der Waals surface area (Å²) in [6, 6.07) is 13.8. The normalized spacial score (nSPS) is 10.9. The van der Waals surface area contributed by atoms with Crippen LogP contribution in [0.15, 0.2) is 79.9 Å². The summed E-state index contributed by atoms with van der Waals surface area (Å²) in [7, 11) is 7.82. The first-order chi connectivity index (χ1) is 17.4. The maximum Gasteiger partial charge on any atom is 0.159 e. The van der Waals surface area contributed by atoms with E-state index < -0.39 is 0 Å². The molecule has 0 saturated heterocycles. The molecule has 2 N–H and O–H groups in total. The number of para-hydroxylation sites is 1. The van der Waals surface area contributed by atoms with Crippen LogP contribution in [0.4, 0.5) is 22.9 Å². The number of aromatic nitrogens is 4. The zero-order chi connectivity index (χ0) is 25.7. The van der Waals surface area contributed by atoms with Gasteiger partial charge < -0.3 is 25.2 Å². The maximum atomic E-state index is 5.75. The Labute approximate surface area is 211 Å². The van der Waals surface area contributed by atoms with Crippen LogP contribution in [-0.4, -0.2) is 66.0 Å². The molecule has 0 saturated carbocycles. The molecule has 0 aliphatic heterocycles. The number of hydrogen-bond acceptors (Lipinski definition) is 8. The van der Waals surface area contributed by atoms with Gasteiger partial charge in [-0.15, -0.1) is 0 Å². The number of methoxy groups -OCH3 is 1. The zero-order valence-electron chi connectivity index (χ0n) is 21.2. The molecular weight excluding hydrogens is 452 g/mol. The first kappa shape index (κ1) is 24.7. The van der Waals surface area contributed by atoms with E-state index in [4.69, 9.17) is 4.74 Å². The smallest absolute Gasteiger partial charge is 0.159 e. The number of ether oxygens (including phenoxy) is 1. The lowest BCUT2D eigenvalue weighted by Crippen LogP contribution is -2.29. The summed E-state index contributed by atoms with van der Waals surface area (Å²) in [5, 5.41) is 12.3. The summed E-state index contributed by atoms with van der Waals surface area (Å²) < 4.78 is 7.54. The Morgan fingerprint density at radius 3 is 2.64 bits per heavy atom. The highest BCUT2D eigenvalue weighted by atomic mass is 16.5. The molecule has 186 valence electrons. The Bertz CT molecular complexity index is 1380. The topological polar surface area (TPSA) is 83.4 Å². The summed E-state index contributed by atoms with van der Waals surface area (Å²) in [5.41, 5.74) is 4.27. The van der Waals surface area contributed by atoms with Crippen molar-refractivity contribution in [3.05, 3.63) is 79.9 Å². The zero-order valence-corrected chi connectivity index (χ0v) is 21.2. The molecule has 0 unspecified atom stereocenters. The van der Waals surface area contributed by atoms with Gasteiger partial charge in [-0.3, -0.25) is 0 Å². The minimum Gasteiger partial charge on any atom is -0.494 e. The van der Waals surface area contributed by atoms with Crippen LogP contribution < -0.4 is 20.3 Å². The van der Waals surface area contributed by atoms with Crippen LogP contribution in [0.2, 0.25) is 0 Å². The number of nitrogens with one attached hydrogen (secondary N) is 2. The molecule has 0 aliphatic rings. The molecule has 0 amide bonds. The van der Waals surface area contributed by atoms with Crippen molar-refractivity contribution in [1.82, 2.24) is 24.6 Å². The molecule has 4 rings (SSSR count). The lowest BCUT2D eigenvalue weighted by atomic mass is 10.2. The Morgan fingerprint density at radius 1 is 1.08 bits per heavy atom. The number of allylic oxidation sites excluding steroid dienone is 1. The molecule has 4 aromatic rings. The number of fused-ring (bicyclic) bond motifs is 1. The molecular formula is C27H32N8O. The van der Waals surface area contributed by atoms with Crippen molar-refractivity contribution in [3.63, 3.8) is 0 Å². The fraction of sp³-hybridized carbons (Fsp3) is 0.222. The SMILES string of the molecule is C=CC(=C)Nc1cc(Nc2cc(-n3ncc4ccccc43)ncn2)c(OC)cc1N(C)CCN(C)C. The first-order valence-electron chi connectivity index (χ1n) is 11.6. The molecule has 36 heavy (non-hydrogen) atoms. The molecule has 0 aliphatic carbocycles. The van der Waals surface area contributed by atoms with Crippen molar-refractivity contribution in [3.8, 4) is 11.6 Å². The van der Waals surface area contributed by atoms with Gasteiger partial charge in [-0.05, 0) is 32.3 Å². The van der Waals surface area contributed by atoms with Crippen LogP contribution in [0.3, 0.4) is 0 Å². The van der Waals surface area contributed by atoms with Gasteiger partial charge in [0.25, 0.3) is 0 Å². The monoisotopic (exact) mass is 484 g/mol. The van der Waals surface area contributed by atoms with Crippen molar-refractivity contribution in [2.24, 2.45) is 0 Å². The highest BCUT2D eigenvalue weighted by Crippen LogP contribution is 2.38. The molecule has 0 bridgehead atoms. The number of nitrogens with zero attached hydrogens (tertiary/aromatic N) is 6. The predicted octanol–water partition coefficient (Wildman–Crippen LogP) is 4.68. The molecule has 0 spiro atoms. The van der Waals surface area contributed by atoms with Gasteiger partial charge in [0, 0.05) is 43.4 Å². The van der Waals surface area contributed by atoms with E-state index in [0.29, 0.717) is 23.1 Å². The van der Waals surface area contributed by atoms with Gasteiger partial charge in [0.2, 0.25) is 0 Å². The van der Waals surface area contributed by atoms with Crippen molar-refractivity contribution in [2.75, 3.05) is 56.9 Å². The van der Waals surface area contributed by atoms with E-state index in [2.05, 4.69) is 69.8 Å². The predicted molar refractivity (Wildman–Crippen MR) is 148 cm³/mol. The van der Waals surface area contributed by atoms with Gasteiger partial charge in [-0.25, -0.2) is 14.6 Å². The van der Waals surface area contributed by atoms with Gasteiger partial charge in [0.1, 0.15) is 17.9 Å². The van der Waals surface area contributed by atoms with E-state index in [1.807, 2.05) is 48.7 Å². The summed E-state index contributed by atoms with van der Waals surface area (Å²) in [6.07, 6.45) is 5.03. The largest absolute Gasteiger partial charge is 0.494 e. The number of anilines is 4. The molecule has 2 aromatic carbocycles. The second-order valence-corrected chi connectivity index (χ2v) is 8.65. The Hall–Kier alpha value is -4.37. The fourth-order valence-corrected chi connectivity index (χ4v) is 3.77. The Morgan fingerprint density at radius 2 is 1.89 bits per heavy atom. The lowest BCUT2D eigenvalue weighted by molar-refractivity contribution is 0.413. The minimum atomic E-state index is 0.611. The molecule has 0 fully saturated rings.